The fraction of sp³-hybridized carbons (Fsp3) is 0.667. The Morgan fingerprint density at radius 1 is 1.50 bits per heavy atom. The van der Waals surface area contributed by atoms with Crippen molar-refractivity contribution in [3.8, 4) is 0 Å². The minimum Gasteiger partial charge on any atom is -0.329 e. The highest BCUT2D eigenvalue weighted by Crippen LogP contribution is 2.34. The van der Waals surface area contributed by atoms with E-state index >= 15 is 0 Å². The van der Waals surface area contributed by atoms with E-state index in [-0.39, 0.29) is 6.04 Å². The van der Waals surface area contributed by atoms with Crippen LogP contribution in [0, 0.1) is 0 Å². The van der Waals surface area contributed by atoms with Crippen molar-refractivity contribution in [2.75, 3.05) is 32.7 Å². The number of hydrogen-bond donors (Lipinski definition) is 2. The molecule has 1 unspecified atom stereocenters. The molecule has 0 fully saturated rings. The van der Waals surface area contributed by atoms with Gasteiger partial charge in [-0.1, -0.05) is 25.4 Å². The molecule has 0 aliphatic carbocycles. The second-order valence-corrected chi connectivity index (χ2v) is 6.58. The van der Waals surface area contributed by atoms with Crippen LogP contribution in [-0.4, -0.2) is 37.6 Å². The molecule has 1 heterocycles. The number of thiophene rings is 1. The van der Waals surface area contributed by atoms with Gasteiger partial charge in [-0.25, -0.2) is 0 Å². The summed E-state index contributed by atoms with van der Waals surface area (Å²) in [6, 6.07) is 2.24. The number of hydrogen-bond acceptors (Lipinski definition) is 4. The lowest BCUT2D eigenvalue weighted by molar-refractivity contribution is 0.297. The van der Waals surface area contributed by atoms with E-state index in [4.69, 9.17) is 17.3 Å². The molecule has 0 radical (unpaired) electrons. The highest BCUT2D eigenvalue weighted by molar-refractivity contribution is 9.10. The summed E-state index contributed by atoms with van der Waals surface area (Å²) >= 11 is 11.1. The zero-order valence-corrected chi connectivity index (χ0v) is 14.0. The van der Waals surface area contributed by atoms with Crippen molar-refractivity contribution in [3.63, 3.8) is 0 Å². The van der Waals surface area contributed by atoms with Crippen LogP contribution in [0.5, 0.6) is 0 Å². The molecule has 0 aliphatic heterocycles. The van der Waals surface area contributed by atoms with Gasteiger partial charge in [-0.05, 0) is 35.1 Å². The predicted octanol–water partition coefficient (Wildman–Crippen LogP) is 3.10. The largest absolute Gasteiger partial charge is 0.329 e. The van der Waals surface area contributed by atoms with Gasteiger partial charge < -0.3 is 16.0 Å². The van der Waals surface area contributed by atoms with Gasteiger partial charge in [0.15, 0.2) is 0 Å². The second-order valence-electron chi connectivity index (χ2n) is 4.04. The van der Waals surface area contributed by atoms with Crippen LogP contribution in [0.15, 0.2) is 10.5 Å². The van der Waals surface area contributed by atoms with E-state index in [0.29, 0.717) is 6.54 Å². The van der Waals surface area contributed by atoms with Crippen molar-refractivity contribution in [1.82, 2.24) is 10.2 Å². The maximum Gasteiger partial charge on any atom is 0.107 e. The van der Waals surface area contributed by atoms with Gasteiger partial charge in [-0.15, -0.1) is 11.3 Å². The van der Waals surface area contributed by atoms with E-state index in [0.717, 1.165) is 35.0 Å². The average molecular weight is 355 g/mol. The average Bonchev–Trinajstić information content (AvgIpc) is 2.70. The third-order valence-corrected chi connectivity index (χ3v) is 5.54. The van der Waals surface area contributed by atoms with Gasteiger partial charge in [0.2, 0.25) is 0 Å². The summed E-state index contributed by atoms with van der Waals surface area (Å²) in [5.74, 6) is 0. The second kappa shape index (κ2) is 8.51. The lowest BCUT2D eigenvalue weighted by Crippen LogP contribution is -2.35. The Hall–Kier alpha value is 0.350. The minimum absolute atomic E-state index is 0.189. The van der Waals surface area contributed by atoms with Gasteiger partial charge >= 0.3 is 0 Å². The van der Waals surface area contributed by atoms with Crippen LogP contribution >= 0.6 is 38.9 Å². The maximum atomic E-state index is 6.05. The van der Waals surface area contributed by atoms with E-state index in [2.05, 4.69) is 46.1 Å². The van der Waals surface area contributed by atoms with Gasteiger partial charge in [0.25, 0.3) is 0 Å². The Morgan fingerprint density at radius 2 is 2.17 bits per heavy atom. The molecule has 0 bridgehead atoms. The van der Waals surface area contributed by atoms with E-state index in [1.165, 1.54) is 4.88 Å². The Bertz CT molecular complexity index is 336. The standard InChI is InChI=1S/C12H21BrClN3S/c1-3-17(4-2)6-5-16-10(8-15)11-7-9(13)12(14)18-11/h7,10,16H,3-6,8,15H2,1-2H3. The van der Waals surface area contributed by atoms with Crippen molar-refractivity contribution in [1.29, 1.82) is 0 Å². The molecule has 0 spiro atoms. The van der Waals surface area contributed by atoms with Gasteiger partial charge in [0.05, 0.1) is 6.04 Å². The molecule has 104 valence electrons. The van der Waals surface area contributed by atoms with Crippen LogP contribution < -0.4 is 11.1 Å². The topological polar surface area (TPSA) is 41.3 Å². The lowest BCUT2D eigenvalue weighted by atomic mass is 10.2. The number of likely N-dealkylation sites (N-methyl/N-ethyl adjacent to an activating group) is 1. The molecule has 6 heteroatoms. The first-order chi connectivity index (χ1) is 8.62. The number of nitrogens with zero attached hydrogens (tertiary/aromatic N) is 1. The first-order valence-electron chi connectivity index (χ1n) is 6.22. The molecule has 0 aromatic carbocycles. The molecule has 1 aromatic rings. The Balaban J connectivity index is 2.47. The number of nitrogens with one attached hydrogen (secondary N) is 1. The molecule has 1 rings (SSSR count). The van der Waals surface area contributed by atoms with Crippen molar-refractivity contribution in [2.45, 2.75) is 19.9 Å². The van der Waals surface area contributed by atoms with Crippen LogP contribution in [0.3, 0.4) is 0 Å². The van der Waals surface area contributed by atoms with Crippen LogP contribution in [0.25, 0.3) is 0 Å². The molecule has 0 saturated heterocycles. The van der Waals surface area contributed by atoms with E-state index in [9.17, 15) is 0 Å². The molecule has 1 atom stereocenters. The zero-order chi connectivity index (χ0) is 13.5. The first kappa shape index (κ1) is 16.4. The predicted molar refractivity (Wildman–Crippen MR) is 84.6 cm³/mol. The minimum atomic E-state index is 0.189. The summed E-state index contributed by atoms with van der Waals surface area (Å²) in [5.41, 5.74) is 5.82. The molecule has 0 amide bonds. The third-order valence-electron chi connectivity index (χ3n) is 2.96. The Kier molecular flexibility index (Phi) is 7.75. The summed E-state index contributed by atoms with van der Waals surface area (Å²) in [5, 5.41) is 3.49. The molecular weight excluding hydrogens is 334 g/mol. The summed E-state index contributed by atoms with van der Waals surface area (Å²) in [4.78, 5) is 3.58. The molecular formula is C12H21BrClN3S. The highest BCUT2D eigenvalue weighted by atomic mass is 79.9. The summed E-state index contributed by atoms with van der Waals surface area (Å²) in [7, 11) is 0. The molecule has 1 aromatic heterocycles. The van der Waals surface area contributed by atoms with Crippen molar-refractivity contribution in [2.24, 2.45) is 5.73 Å². The fourth-order valence-corrected chi connectivity index (χ4v) is 3.60. The van der Waals surface area contributed by atoms with Gasteiger partial charge in [-0.3, -0.25) is 0 Å². The number of nitrogens with two attached hydrogens (primary N) is 1. The molecule has 3 N–H and O–H groups in total. The molecule has 18 heavy (non-hydrogen) atoms. The zero-order valence-electron chi connectivity index (χ0n) is 10.9. The van der Waals surface area contributed by atoms with Crippen molar-refractivity contribution in [3.05, 3.63) is 19.8 Å². The highest BCUT2D eigenvalue weighted by Gasteiger charge is 2.14. The maximum absolute atomic E-state index is 6.05. The summed E-state index contributed by atoms with van der Waals surface area (Å²) in [6.07, 6.45) is 0. The molecule has 0 saturated carbocycles. The first-order valence-corrected chi connectivity index (χ1v) is 8.21. The van der Waals surface area contributed by atoms with E-state index in [1.807, 2.05) is 0 Å². The lowest BCUT2D eigenvalue weighted by Gasteiger charge is -2.21. The van der Waals surface area contributed by atoms with Gasteiger partial charge in [-0.2, -0.15) is 0 Å². The van der Waals surface area contributed by atoms with Crippen LogP contribution in [0.4, 0.5) is 0 Å². The van der Waals surface area contributed by atoms with Crippen molar-refractivity contribution >= 4 is 38.9 Å². The van der Waals surface area contributed by atoms with Gasteiger partial charge in [0, 0.05) is 29.0 Å². The SMILES string of the molecule is CCN(CC)CCNC(CN)c1cc(Br)c(Cl)s1. The quantitative estimate of drug-likeness (QED) is 0.754. The molecule has 3 nitrogen and oxygen atoms in total. The summed E-state index contributed by atoms with van der Waals surface area (Å²) in [6.45, 7) is 9.10. The third kappa shape index (κ3) is 4.79. The monoisotopic (exact) mass is 353 g/mol. The fourth-order valence-electron chi connectivity index (χ4n) is 1.77. The van der Waals surface area contributed by atoms with Crippen molar-refractivity contribution < 1.29 is 0 Å². The summed E-state index contributed by atoms with van der Waals surface area (Å²) < 4.78 is 1.74. The van der Waals surface area contributed by atoms with Crippen LogP contribution in [0.1, 0.15) is 24.8 Å². The number of halogens is 2. The Labute approximate surface area is 127 Å². The van der Waals surface area contributed by atoms with Crippen LogP contribution in [-0.2, 0) is 0 Å². The molecule has 0 aliphatic rings. The normalized spacial score (nSPS) is 13.2. The van der Waals surface area contributed by atoms with E-state index in [1.54, 1.807) is 11.3 Å². The van der Waals surface area contributed by atoms with E-state index < -0.39 is 0 Å². The Morgan fingerprint density at radius 3 is 2.61 bits per heavy atom. The number of rotatable bonds is 8. The van der Waals surface area contributed by atoms with Gasteiger partial charge in [0.1, 0.15) is 4.34 Å². The van der Waals surface area contributed by atoms with Crippen LogP contribution in [0.2, 0.25) is 4.34 Å². The smallest absolute Gasteiger partial charge is 0.107 e.